The van der Waals surface area contributed by atoms with Crippen LogP contribution in [-0.4, -0.2) is 51.6 Å². The van der Waals surface area contributed by atoms with Gasteiger partial charge in [0.05, 0.1) is 24.3 Å². The number of ether oxygens (including phenoxy) is 4. The molecule has 122 valence electrons. The van der Waals surface area contributed by atoms with Gasteiger partial charge in [0, 0.05) is 13.2 Å². The molecule has 0 saturated carbocycles. The van der Waals surface area contributed by atoms with Crippen molar-refractivity contribution in [2.75, 3.05) is 39.6 Å². The summed E-state index contributed by atoms with van der Waals surface area (Å²) in [7, 11) is 0. The maximum Gasteiger partial charge on any atom is 0.338 e. The Morgan fingerprint density at radius 1 is 0.818 bits per heavy atom. The Balaban J connectivity index is 2.50. The van der Waals surface area contributed by atoms with E-state index >= 15 is 0 Å². The maximum absolute atomic E-state index is 11.8. The van der Waals surface area contributed by atoms with Gasteiger partial charge in [-0.1, -0.05) is 6.07 Å². The predicted molar refractivity (Wildman–Crippen MR) is 80.0 cm³/mol. The molecule has 0 unspecified atom stereocenters. The molecule has 0 aliphatic heterocycles. The highest BCUT2D eigenvalue weighted by Crippen LogP contribution is 2.08. The molecule has 0 amide bonds. The molecule has 0 aliphatic carbocycles. The van der Waals surface area contributed by atoms with Crippen LogP contribution in [0.15, 0.2) is 24.3 Å². The molecular formula is C16H22O6. The number of hydrogen-bond donors (Lipinski definition) is 0. The lowest BCUT2D eigenvalue weighted by molar-refractivity contribution is 0.0331. The first-order chi connectivity index (χ1) is 10.7. The van der Waals surface area contributed by atoms with Gasteiger partial charge in [-0.25, -0.2) is 9.59 Å². The van der Waals surface area contributed by atoms with Crippen molar-refractivity contribution in [2.24, 2.45) is 0 Å². The molecule has 0 spiro atoms. The fourth-order valence-corrected chi connectivity index (χ4v) is 1.62. The smallest absolute Gasteiger partial charge is 0.338 e. The van der Waals surface area contributed by atoms with Crippen LogP contribution in [-0.2, 0) is 18.9 Å². The van der Waals surface area contributed by atoms with E-state index in [1.54, 1.807) is 18.2 Å². The first kappa shape index (κ1) is 18.1. The molecule has 1 aromatic rings. The second kappa shape index (κ2) is 10.8. The van der Waals surface area contributed by atoms with E-state index in [9.17, 15) is 9.59 Å². The van der Waals surface area contributed by atoms with Gasteiger partial charge in [0.25, 0.3) is 0 Å². The van der Waals surface area contributed by atoms with Crippen molar-refractivity contribution < 1.29 is 28.5 Å². The minimum atomic E-state index is -0.497. The van der Waals surface area contributed by atoms with Crippen molar-refractivity contribution in [1.82, 2.24) is 0 Å². The van der Waals surface area contributed by atoms with Gasteiger partial charge >= 0.3 is 11.9 Å². The van der Waals surface area contributed by atoms with Crippen LogP contribution in [0, 0.1) is 0 Å². The molecule has 0 bridgehead atoms. The van der Waals surface area contributed by atoms with Gasteiger partial charge in [-0.05, 0) is 32.0 Å². The fourth-order valence-electron chi connectivity index (χ4n) is 1.62. The summed E-state index contributed by atoms with van der Waals surface area (Å²) in [6.07, 6.45) is 0. The van der Waals surface area contributed by atoms with Crippen molar-refractivity contribution >= 4 is 11.9 Å². The zero-order valence-electron chi connectivity index (χ0n) is 13.0. The lowest BCUT2D eigenvalue weighted by Crippen LogP contribution is -2.13. The molecule has 6 heteroatoms. The van der Waals surface area contributed by atoms with Gasteiger partial charge in [0.2, 0.25) is 0 Å². The van der Waals surface area contributed by atoms with E-state index in [-0.39, 0.29) is 13.2 Å². The maximum atomic E-state index is 11.8. The largest absolute Gasteiger partial charge is 0.460 e. The van der Waals surface area contributed by atoms with E-state index in [1.807, 2.05) is 13.8 Å². The quantitative estimate of drug-likeness (QED) is 0.487. The molecule has 1 rings (SSSR count). The summed E-state index contributed by atoms with van der Waals surface area (Å²) >= 11 is 0. The van der Waals surface area contributed by atoms with Gasteiger partial charge in [-0.3, -0.25) is 0 Å². The van der Waals surface area contributed by atoms with Crippen LogP contribution >= 0.6 is 0 Å². The Kier molecular flexibility index (Phi) is 8.86. The summed E-state index contributed by atoms with van der Waals surface area (Å²) in [6, 6.07) is 6.23. The number of carbonyl (C=O) groups excluding carboxylic acids is 2. The highest BCUT2D eigenvalue weighted by molar-refractivity contribution is 5.95. The van der Waals surface area contributed by atoms with Crippen molar-refractivity contribution in [2.45, 2.75) is 13.8 Å². The van der Waals surface area contributed by atoms with Crippen LogP contribution in [0.5, 0.6) is 0 Å². The SMILES string of the molecule is CCOCCOC(=O)c1cccc(C(=O)OCCOCC)c1. The molecule has 1 aromatic carbocycles. The first-order valence-corrected chi connectivity index (χ1v) is 7.28. The van der Waals surface area contributed by atoms with Gasteiger partial charge in [0.15, 0.2) is 0 Å². The molecule has 6 nitrogen and oxygen atoms in total. The lowest BCUT2D eigenvalue weighted by atomic mass is 10.1. The summed E-state index contributed by atoms with van der Waals surface area (Å²) in [5, 5.41) is 0. The van der Waals surface area contributed by atoms with Crippen molar-refractivity contribution in [3.05, 3.63) is 35.4 Å². The minimum absolute atomic E-state index is 0.176. The molecule has 0 aromatic heterocycles. The molecule has 0 fully saturated rings. The second-order valence-corrected chi connectivity index (χ2v) is 4.25. The lowest BCUT2D eigenvalue weighted by Gasteiger charge is -2.07. The van der Waals surface area contributed by atoms with E-state index in [4.69, 9.17) is 18.9 Å². The third-order valence-electron chi connectivity index (χ3n) is 2.66. The van der Waals surface area contributed by atoms with E-state index in [0.29, 0.717) is 37.6 Å². The summed E-state index contributed by atoms with van der Waals surface area (Å²) in [5.74, 6) is -0.993. The molecule has 0 radical (unpaired) electrons. The Morgan fingerprint density at radius 3 is 1.68 bits per heavy atom. The molecule has 0 heterocycles. The van der Waals surface area contributed by atoms with E-state index in [2.05, 4.69) is 0 Å². The Labute approximate surface area is 130 Å². The number of esters is 2. The van der Waals surface area contributed by atoms with Crippen LogP contribution in [0.3, 0.4) is 0 Å². The Bertz CT molecular complexity index is 432. The summed E-state index contributed by atoms with van der Waals surface area (Å²) in [5.41, 5.74) is 0.603. The highest BCUT2D eigenvalue weighted by atomic mass is 16.6. The van der Waals surface area contributed by atoms with Crippen molar-refractivity contribution in [1.29, 1.82) is 0 Å². The fraction of sp³-hybridized carbons (Fsp3) is 0.500. The average Bonchev–Trinajstić information content (AvgIpc) is 2.55. The van der Waals surface area contributed by atoms with Crippen LogP contribution < -0.4 is 0 Å². The van der Waals surface area contributed by atoms with Gasteiger partial charge in [-0.15, -0.1) is 0 Å². The summed E-state index contributed by atoms with van der Waals surface area (Å²) in [6.45, 7) is 5.92. The highest BCUT2D eigenvalue weighted by Gasteiger charge is 2.12. The van der Waals surface area contributed by atoms with Crippen LogP contribution in [0.1, 0.15) is 34.6 Å². The van der Waals surface area contributed by atoms with E-state index in [1.165, 1.54) is 6.07 Å². The van der Waals surface area contributed by atoms with Crippen molar-refractivity contribution in [3.8, 4) is 0 Å². The number of rotatable bonds is 10. The zero-order chi connectivity index (χ0) is 16.2. The summed E-state index contributed by atoms with van der Waals surface area (Å²) in [4.78, 5) is 23.7. The standard InChI is InChI=1S/C16H22O6/c1-3-19-8-10-21-15(17)13-6-5-7-14(12-13)16(18)22-11-9-20-4-2/h5-7,12H,3-4,8-11H2,1-2H3. The average molecular weight is 310 g/mol. The second-order valence-electron chi connectivity index (χ2n) is 4.25. The Morgan fingerprint density at radius 2 is 1.27 bits per heavy atom. The number of hydrogen-bond acceptors (Lipinski definition) is 6. The Hall–Kier alpha value is -1.92. The van der Waals surface area contributed by atoms with E-state index < -0.39 is 11.9 Å². The third kappa shape index (κ3) is 6.69. The summed E-state index contributed by atoms with van der Waals surface area (Å²) < 4.78 is 20.2. The number of benzene rings is 1. The van der Waals surface area contributed by atoms with Crippen LogP contribution in [0.4, 0.5) is 0 Å². The van der Waals surface area contributed by atoms with Crippen LogP contribution in [0.25, 0.3) is 0 Å². The van der Waals surface area contributed by atoms with Gasteiger partial charge < -0.3 is 18.9 Å². The van der Waals surface area contributed by atoms with Gasteiger partial charge in [-0.2, -0.15) is 0 Å². The first-order valence-electron chi connectivity index (χ1n) is 7.28. The molecule has 0 saturated heterocycles. The van der Waals surface area contributed by atoms with Gasteiger partial charge in [0.1, 0.15) is 13.2 Å². The number of carbonyl (C=O) groups is 2. The van der Waals surface area contributed by atoms with E-state index in [0.717, 1.165) is 0 Å². The van der Waals surface area contributed by atoms with Crippen LogP contribution in [0.2, 0.25) is 0 Å². The molecule has 22 heavy (non-hydrogen) atoms. The topological polar surface area (TPSA) is 71.1 Å². The monoisotopic (exact) mass is 310 g/mol. The van der Waals surface area contributed by atoms with Crippen molar-refractivity contribution in [3.63, 3.8) is 0 Å². The molecule has 0 N–H and O–H groups in total. The minimum Gasteiger partial charge on any atom is -0.460 e. The normalized spacial score (nSPS) is 10.3. The molecule has 0 atom stereocenters. The molecular weight excluding hydrogens is 288 g/mol. The third-order valence-corrected chi connectivity index (χ3v) is 2.66. The predicted octanol–water partition coefficient (Wildman–Crippen LogP) is 2.07. The zero-order valence-corrected chi connectivity index (χ0v) is 13.0. The molecule has 0 aliphatic rings.